The summed E-state index contributed by atoms with van der Waals surface area (Å²) >= 11 is 5.83. The molecule has 3 rings (SSSR count). The van der Waals surface area contributed by atoms with Gasteiger partial charge in [-0.15, -0.1) is 0 Å². The summed E-state index contributed by atoms with van der Waals surface area (Å²) in [7, 11) is 0. The van der Waals surface area contributed by atoms with Crippen LogP contribution in [-0.2, 0) is 6.54 Å². The highest BCUT2D eigenvalue weighted by Gasteiger charge is 2.07. The maximum absolute atomic E-state index is 13.2. The highest BCUT2D eigenvalue weighted by molar-refractivity contribution is 6.30. The first-order chi connectivity index (χ1) is 9.15. The Balaban J connectivity index is 2.05. The fraction of sp³-hybridized carbons (Fsp3) is 0.125. The Morgan fingerprint density at radius 2 is 1.89 bits per heavy atom. The van der Waals surface area contributed by atoms with Crippen LogP contribution in [0.4, 0.5) is 4.39 Å². The van der Waals surface area contributed by atoms with E-state index < -0.39 is 0 Å². The van der Waals surface area contributed by atoms with Crippen LogP contribution in [0.2, 0.25) is 5.02 Å². The van der Waals surface area contributed by atoms with Gasteiger partial charge < -0.3 is 4.57 Å². The highest BCUT2D eigenvalue weighted by atomic mass is 35.5. The number of hydrogen-bond acceptors (Lipinski definition) is 0. The Bertz CT molecular complexity index is 746. The van der Waals surface area contributed by atoms with Crippen molar-refractivity contribution < 1.29 is 4.39 Å². The first-order valence-electron chi connectivity index (χ1n) is 6.14. The molecule has 3 heteroatoms. The number of rotatable bonds is 2. The van der Waals surface area contributed by atoms with E-state index in [1.165, 1.54) is 22.7 Å². The molecule has 1 heterocycles. The third kappa shape index (κ3) is 2.24. The van der Waals surface area contributed by atoms with Crippen molar-refractivity contribution >= 4 is 22.5 Å². The van der Waals surface area contributed by atoms with Crippen LogP contribution in [0.25, 0.3) is 10.9 Å². The first-order valence-corrected chi connectivity index (χ1v) is 6.52. The van der Waals surface area contributed by atoms with Gasteiger partial charge in [0.05, 0.1) is 5.02 Å². The van der Waals surface area contributed by atoms with Crippen molar-refractivity contribution in [2.75, 3.05) is 0 Å². The van der Waals surface area contributed by atoms with Gasteiger partial charge in [-0.1, -0.05) is 35.9 Å². The molecule has 0 fully saturated rings. The van der Waals surface area contributed by atoms with E-state index in [1.54, 1.807) is 12.1 Å². The molecule has 0 amide bonds. The second kappa shape index (κ2) is 4.71. The molecule has 1 aromatic heterocycles. The molecule has 0 saturated heterocycles. The van der Waals surface area contributed by atoms with Gasteiger partial charge in [0.25, 0.3) is 0 Å². The third-order valence-electron chi connectivity index (χ3n) is 3.34. The number of fused-ring (bicyclic) bond motifs is 1. The Kier molecular flexibility index (Phi) is 3.03. The van der Waals surface area contributed by atoms with Gasteiger partial charge in [0.1, 0.15) is 5.82 Å². The van der Waals surface area contributed by atoms with Crippen LogP contribution in [0.5, 0.6) is 0 Å². The summed E-state index contributed by atoms with van der Waals surface area (Å²) in [5, 5.41) is 1.39. The second-order valence-electron chi connectivity index (χ2n) is 4.68. The lowest BCUT2D eigenvalue weighted by atomic mass is 10.2. The summed E-state index contributed by atoms with van der Waals surface area (Å²) in [6.45, 7) is 2.77. The van der Waals surface area contributed by atoms with Gasteiger partial charge in [-0.25, -0.2) is 4.39 Å². The summed E-state index contributed by atoms with van der Waals surface area (Å²) in [4.78, 5) is 0. The minimum atomic E-state index is -0.375. The van der Waals surface area contributed by atoms with Crippen molar-refractivity contribution in [2.45, 2.75) is 13.5 Å². The Morgan fingerprint density at radius 3 is 2.68 bits per heavy atom. The molecule has 0 saturated carbocycles. The molecule has 0 atom stereocenters. The largest absolute Gasteiger partial charge is 0.340 e. The van der Waals surface area contributed by atoms with Crippen LogP contribution in [0.15, 0.2) is 48.5 Å². The van der Waals surface area contributed by atoms with Crippen LogP contribution < -0.4 is 0 Å². The maximum Gasteiger partial charge on any atom is 0.141 e. The van der Waals surface area contributed by atoms with Gasteiger partial charge in [0.15, 0.2) is 0 Å². The van der Waals surface area contributed by atoms with E-state index >= 15 is 0 Å². The predicted octanol–water partition coefficient (Wildman–Crippen LogP) is 4.79. The minimum absolute atomic E-state index is 0.173. The fourth-order valence-corrected chi connectivity index (χ4v) is 2.58. The standard InChI is InChI=1S/C16H13ClFN/c1-11-8-13-4-2-3-5-16(13)19(11)10-12-6-7-15(18)14(17)9-12/h2-9H,10H2,1H3. The maximum atomic E-state index is 13.2. The molecule has 0 N–H and O–H groups in total. The molecule has 0 aliphatic carbocycles. The van der Waals surface area contributed by atoms with E-state index in [0.29, 0.717) is 6.54 Å². The smallest absolute Gasteiger partial charge is 0.141 e. The normalized spacial score (nSPS) is 11.1. The number of hydrogen-bond donors (Lipinski definition) is 0. The molecule has 96 valence electrons. The molecular weight excluding hydrogens is 261 g/mol. The SMILES string of the molecule is Cc1cc2ccccc2n1Cc1ccc(F)c(Cl)c1. The van der Waals surface area contributed by atoms with Crippen molar-refractivity contribution in [2.24, 2.45) is 0 Å². The fourth-order valence-electron chi connectivity index (χ4n) is 2.38. The topological polar surface area (TPSA) is 4.93 Å². The van der Waals surface area contributed by atoms with E-state index in [1.807, 2.05) is 12.1 Å². The third-order valence-corrected chi connectivity index (χ3v) is 3.63. The number of para-hydroxylation sites is 1. The van der Waals surface area contributed by atoms with Gasteiger partial charge in [-0.05, 0) is 42.1 Å². The molecule has 1 nitrogen and oxygen atoms in total. The zero-order chi connectivity index (χ0) is 13.4. The lowest BCUT2D eigenvalue weighted by Gasteiger charge is -2.09. The summed E-state index contributed by atoms with van der Waals surface area (Å²) in [6, 6.07) is 15.3. The molecular formula is C16H13ClFN. The lowest BCUT2D eigenvalue weighted by Crippen LogP contribution is -2.01. The Morgan fingerprint density at radius 1 is 1.11 bits per heavy atom. The zero-order valence-corrected chi connectivity index (χ0v) is 11.3. The zero-order valence-electron chi connectivity index (χ0n) is 10.5. The molecule has 0 aliphatic heterocycles. The van der Waals surface area contributed by atoms with Crippen molar-refractivity contribution in [3.05, 3.63) is 70.6 Å². The van der Waals surface area contributed by atoms with Crippen LogP contribution in [-0.4, -0.2) is 4.57 Å². The van der Waals surface area contributed by atoms with Crippen LogP contribution in [0.3, 0.4) is 0 Å². The molecule has 0 unspecified atom stereocenters. The van der Waals surface area contributed by atoms with E-state index in [-0.39, 0.29) is 10.8 Å². The molecule has 0 radical (unpaired) electrons. The molecule has 3 aromatic rings. The van der Waals surface area contributed by atoms with Gasteiger partial charge >= 0.3 is 0 Å². The van der Waals surface area contributed by atoms with Gasteiger partial charge in [-0.3, -0.25) is 0 Å². The van der Waals surface area contributed by atoms with Crippen molar-refractivity contribution in [3.8, 4) is 0 Å². The molecule has 0 spiro atoms. The van der Waals surface area contributed by atoms with Crippen LogP contribution >= 0.6 is 11.6 Å². The number of aromatic nitrogens is 1. The van der Waals surface area contributed by atoms with Gasteiger partial charge in [0, 0.05) is 17.8 Å². The summed E-state index contributed by atoms with van der Waals surface area (Å²) < 4.78 is 15.4. The van der Waals surface area contributed by atoms with Crippen LogP contribution in [0.1, 0.15) is 11.3 Å². The average molecular weight is 274 g/mol. The lowest BCUT2D eigenvalue weighted by molar-refractivity contribution is 0.627. The molecule has 2 aromatic carbocycles. The summed E-state index contributed by atoms with van der Waals surface area (Å²) in [5.41, 5.74) is 3.36. The van der Waals surface area contributed by atoms with Crippen molar-refractivity contribution in [1.82, 2.24) is 4.57 Å². The number of benzene rings is 2. The Hall–Kier alpha value is -1.80. The number of nitrogens with zero attached hydrogens (tertiary/aromatic N) is 1. The van der Waals surface area contributed by atoms with Crippen molar-refractivity contribution in [1.29, 1.82) is 0 Å². The van der Waals surface area contributed by atoms with Gasteiger partial charge in [0.2, 0.25) is 0 Å². The molecule has 0 bridgehead atoms. The predicted molar refractivity (Wildman–Crippen MR) is 77.2 cm³/mol. The number of aryl methyl sites for hydroxylation is 1. The first kappa shape index (κ1) is 12.2. The minimum Gasteiger partial charge on any atom is -0.340 e. The van der Waals surface area contributed by atoms with E-state index in [4.69, 9.17) is 11.6 Å². The van der Waals surface area contributed by atoms with Crippen molar-refractivity contribution in [3.63, 3.8) is 0 Å². The summed E-state index contributed by atoms with van der Waals surface area (Å²) in [5.74, 6) is -0.375. The average Bonchev–Trinajstić information content (AvgIpc) is 2.71. The second-order valence-corrected chi connectivity index (χ2v) is 5.09. The summed E-state index contributed by atoms with van der Waals surface area (Å²) in [6.07, 6.45) is 0. The quantitative estimate of drug-likeness (QED) is 0.633. The highest BCUT2D eigenvalue weighted by Crippen LogP contribution is 2.22. The molecule has 0 aliphatic rings. The Labute approximate surface area is 116 Å². The van der Waals surface area contributed by atoms with E-state index in [9.17, 15) is 4.39 Å². The molecule has 19 heavy (non-hydrogen) atoms. The van der Waals surface area contributed by atoms with Crippen LogP contribution in [0, 0.1) is 12.7 Å². The van der Waals surface area contributed by atoms with Gasteiger partial charge in [-0.2, -0.15) is 0 Å². The monoisotopic (exact) mass is 273 g/mol. The van der Waals surface area contributed by atoms with E-state index in [0.717, 1.165) is 5.56 Å². The number of halogens is 2. The van der Waals surface area contributed by atoms with E-state index in [2.05, 4.69) is 29.7 Å².